The fourth-order valence-corrected chi connectivity index (χ4v) is 3.42. The van der Waals surface area contributed by atoms with E-state index >= 15 is 0 Å². The molecule has 1 heterocycles. The molecule has 1 aromatic heterocycles. The van der Waals surface area contributed by atoms with Crippen LogP contribution in [0.5, 0.6) is 0 Å². The van der Waals surface area contributed by atoms with Crippen molar-refractivity contribution in [1.82, 2.24) is 9.88 Å². The van der Waals surface area contributed by atoms with Crippen LogP contribution in [0.15, 0.2) is 72.9 Å². The van der Waals surface area contributed by atoms with E-state index in [0.717, 1.165) is 18.5 Å². The Hall–Kier alpha value is -3.51. The van der Waals surface area contributed by atoms with E-state index in [9.17, 15) is 9.59 Å². The average molecular weight is 417 g/mol. The summed E-state index contributed by atoms with van der Waals surface area (Å²) in [6.07, 6.45) is 2.43. The number of ketones is 1. The van der Waals surface area contributed by atoms with Crippen LogP contribution in [-0.2, 0) is 4.79 Å². The minimum atomic E-state index is -0.173. The number of pyridine rings is 1. The third-order valence-electron chi connectivity index (χ3n) is 4.91. The first-order valence-corrected chi connectivity index (χ1v) is 10.3. The van der Waals surface area contributed by atoms with E-state index in [4.69, 9.17) is 0 Å². The van der Waals surface area contributed by atoms with Crippen LogP contribution in [0.3, 0.4) is 0 Å². The zero-order valence-electron chi connectivity index (χ0n) is 18.1. The molecule has 6 heteroatoms. The lowest BCUT2D eigenvalue weighted by Crippen LogP contribution is -2.23. The van der Waals surface area contributed by atoms with E-state index in [1.165, 1.54) is 6.92 Å². The summed E-state index contributed by atoms with van der Waals surface area (Å²) >= 11 is 0. The van der Waals surface area contributed by atoms with Crippen molar-refractivity contribution in [3.63, 3.8) is 0 Å². The van der Waals surface area contributed by atoms with E-state index in [0.29, 0.717) is 22.6 Å². The Bertz CT molecular complexity index is 1030. The number of hydrogen-bond acceptors (Lipinski definition) is 5. The van der Waals surface area contributed by atoms with Gasteiger partial charge in [0.25, 0.3) is 0 Å². The molecule has 0 saturated carbocycles. The smallest absolute Gasteiger partial charge is 0.221 e. The van der Waals surface area contributed by atoms with E-state index < -0.39 is 0 Å². The normalized spacial score (nSPS) is 11.7. The lowest BCUT2D eigenvalue weighted by atomic mass is 9.92. The van der Waals surface area contributed by atoms with Gasteiger partial charge >= 0.3 is 0 Å². The molecular formula is C25H28N4O2. The zero-order valence-corrected chi connectivity index (χ0v) is 18.1. The molecule has 0 spiro atoms. The first-order valence-electron chi connectivity index (χ1n) is 10.3. The molecule has 2 aromatic carbocycles. The minimum Gasteiger partial charge on any atom is -0.361 e. The molecule has 160 valence electrons. The van der Waals surface area contributed by atoms with Gasteiger partial charge in [-0.2, -0.15) is 0 Å². The van der Waals surface area contributed by atoms with Gasteiger partial charge in [0, 0.05) is 24.2 Å². The van der Waals surface area contributed by atoms with Crippen LogP contribution in [0, 0.1) is 0 Å². The summed E-state index contributed by atoms with van der Waals surface area (Å²) in [5, 5.41) is 6.28. The molecule has 0 aliphatic heterocycles. The molecule has 0 bridgehead atoms. The minimum absolute atomic E-state index is 0.0176. The van der Waals surface area contributed by atoms with Gasteiger partial charge in [-0.05, 0) is 44.8 Å². The second-order valence-corrected chi connectivity index (χ2v) is 7.65. The van der Waals surface area contributed by atoms with Gasteiger partial charge in [-0.25, -0.2) is 4.98 Å². The van der Waals surface area contributed by atoms with Crippen molar-refractivity contribution in [3.8, 4) is 0 Å². The highest BCUT2D eigenvalue weighted by Gasteiger charge is 2.21. The van der Waals surface area contributed by atoms with Gasteiger partial charge < -0.3 is 15.5 Å². The predicted molar refractivity (Wildman–Crippen MR) is 124 cm³/mol. The highest BCUT2D eigenvalue weighted by molar-refractivity contribution is 6.10. The highest BCUT2D eigenvalue weighted by atomic mass is 16.1. The summed E-state index contributed by atoms with van der Waals surface area (Å²) in [7, 11) is 4.03. The third kappa shape index (κ3) is 5.99. The maximum absolute atomic E-state index is 13.3. The van der Waals surface area contributed by atoms with Gasteiger partial charge in [0.15, 0.2) is 5.78 Å². The van der Waals surface area contributed by atoms with E-state index in [-0.39, 0.29) is 17.7 Å². The lowest BCUT2D eigenvalue weighted by molar-refractivity contribution is -0.114. The summed E-state index contributed by atoms with van der Waals surface area (Å²) in [5.74, 6) is 0.389. The molecule has 1 amide bonds. The number of nitrogens with zero attached hydrogens (tertiary/aromatic N) is 2. The molecular weight excluding hydrogens is 388 g/mol. The Kier molecular flexibility index (Phi) is 7.51. The monoisotopic (exact) mass is 416 g/mol. The Balaban J connectivity index is 1.99. The standard InChI is InChI=1S/C25H28N4O2/c1-18(30)27-23-14-9-16-26-25(23)28-22(15-17-29(2)3)20-12-7-8-13-21(20)24(31)19-10-5-4-6-11-19/h4-14,16,22H,15,17H2,1-3H3,(H,26,28)(H,27,30). The number of carbonyl (C=O) groups excluding carboxylic acids is 2. The number of hydrogen-bond donors (Lipinski definition) is 2. The van der Waals surface area contributed by atoms with Crippen LogP contribution in [0.2, 0.25) is 0 Å². The quantitative estimate of drug-likeness (QED) is 0.507. The van der Waals surface area contributed by atoms with E-state index in [1.54, 1.807) is 18.3 Å². The van der Waals surface area contributed by atoms with Gasteiger partial charge in [-0.3, -0.25) is 9.59 Å². The van der Waals surface area contributed by atoms with Crippen LogP contribution in [-0.4, -0.2) is 42.2 Å². The molecule has 0 radical (unpaired) electrons. The average Bonchev–Trinajstić information content (AvgIpc) is 2.77. The molecule has 0 fully saturated rings. The van der Waals surface area contributed by atoms with Crippen LogP contribution >= 0.6 is 0 Å². The molecule has 3 rings (SSSR count). The largest absolute Gasteiger partial charge is 0.361 e. The van der Waals surface area contributed by atoms with Crippen LogP contribution < -0.4 is 10.6 Å². The highest BCUT2D eigenvalue weighted by Crippen LogP contribution is 2.29. The van der Waals surface area contributed by atoms with Crippen LogP contribution in [0.25, 0.3) is 0 Å². The van der Waals surface area contributed by atoms with Crippen molar-refractivity contribution >= 4 is 23.2 Å². The first-order chi connectivity index (χ1) is 15.0. The van der Waals surface area contributed by atoms with Gasteiger partial charge in [0.05, 0.1) is 11.7 Å². The van der Waals surface area contributed by atoms with E-state index in [1.807, 2.05) is 68.7 Å². The molecule has 1 unspecified atom stereocenters. The lowest BCUT2D eigenvalue weighted by Gasteiger charge is -2.25. The Labute approximate surface area is 183 Å². The molecule has 1 atom stereocenters. The second-order valence-electron chi connectivity index (χ2n) is 7.65. The summed E-state index contributed by atoms with van der Waals surface area (Å²) in [4.78, 5) is 31.4. The Morgan fingerprint density at radius 3 is 2.39 bits per heavy atom. The summed E-state index contributed by atoms with van der Waals surface area (Å²) in [6, 6.07) is 20.4. The van der Waals surface area contributed by atoms with Crippen molar-refractivity contribution in [2.75, 3.05) is 31.3 Å². The number of rotatable bonds is 9. The molecule has 0 saturated heterocycles. The number of amides is 1. The fourth-order valence-electron chi connectivity index (χ4n) is 3.42. The molecule has 31 heavy (non-hydrogen) atoms. The summed E-state index contributed by atoms with van der Waals surface area (Å²) in [6.45, 7) is 2.28. The number of aromatic nitrogens is 1. The van der Waals surface area contributed by atoms with Crippen molar-refractivity contribution in [1.29, 1.82) is 0 Å². The SMILES string of the molecule is CC(=O)Nc1cccnc1NC(CCN(C)C)c1ccccc1C(=O)c1ccccc1. The fraction of sp³-hybridized carbons (Fsp3) is 0.240. The maximum atomic E-state index is 13.3. The van der Waals surface area contributed by atoms with Crippen molar-refractivity contribution in [3.05, 3.63) is 89.6 Å². The molecule has 0 aliphatic carbocycles. The van der Waals surface area contributed by atoms with Gasteiger partial charge in [0.1, 0.15) is 5.82 Å². The number of benzene rings is 2. The summed E-state index contributed by atoms with van der Waals surface area (Å²) in [5.41, 5.74) is 2.81. The topological polar surface area (TPSA) is 74.3 Å². The molecule has 6 nitrogen and oxygen atoms in total. The van der Waals surface area contributed by atoms with Crippen molar-refractivity contribution < 1.29 is 9.59 Å². The maximum Gasteiger partial charge on any atom is 0.221 e. The van der Waals surface area contributed by atoms with Crippen LogP contribution in [0.4, 0.5) is 11.5 Å². The first kappa shape index (κ1) is 22.2. The summed E-state index contributed by atoms with van der Waals surface area (Å²) < 4.78 is 0. The second kappa shape index (κ2) is 10.5. The molecule has 3 aromatic rings. The van der Waals surface area contributed by atoms with Crippen molar-refractivity contribution in [2.45, 2.75) is 19.4 Å². The number of carbonyl (C=O) groups is 2. The Morgan fingerprint density at radius 1 is 0.968 bits per heavy atom. The van der Waals surface area contributed by atoms with Gasteiger partial charge in [-0.15, -0.1) is 0 Å². The third-order valence-corrected chi connectivity index (χ3v) is 4.91. The predicted octanol–water partition coefficient (Wildman–Crippen LogP) is 4.38. The Morgan fingerprint density at radius 2 is 1.68 bits per heavy atom. The van der Waals surface area contributed by atoms with Crippen LogP contribution in [0.1, 0.15) is 40.9 Å². The molecule has 0 aliphatic rings. The van der Waals surface area contributed by atoms with Gasteiger partial charge in [-0.1, -0.05) is 54.6 Å². The number of nitrogens with one attached hydrogen (secondary N) is 2. The van der Waals surface area contributed by atoms with Crippen molar-refractivity contribution in [2.24, 2.45) is 0 Å². The molecule has 2 N–H and O–H groups in total. The van der Waals surface area contributed by atoms with Gasteiger partial charge in [0.2, 0.25) is 5.91 Å². The van der Waals surface area contributed by atoms with E-state index in [2.05, 4.69) is 20.5 Å². The number of anilines is 2. The zero-order chi connectivity index (χ0) is 22.2.